The van der Waals surface area contributed by atoms with Gasteiger partial charge in [0.1, 0.15) is 12.2 Å². The zero-order chi connectivity index (χ0) is 34.3. The molecule has 0 amide bonds. The van der Waals surface area contributed by atoms with Crippen LogP contribution in [0, 0.1) is 0 Å². The average Bonchev–Trinajstić information content (AvgIpc) is 3.06. The van der Waals surface area contributed by atoms with Crippen LogP contribution in [0.4, 0.5) is 0 Å². The highest BCUT2D eigenvalue weighted by Gasteiger charge is 2.49. The number of aliphatic hydroxyl groups excluding tert-OH is 5. The first-order chi connectivity index (χ1) is 22.6. The van der Waals surface area contributed by atoms with E-state index in [4.69, 9.17) is 18.9 Å². The fraction of sp³-hybridized carbons (Fsp3) is 0.543. The molecule has 12 heteroatoms. The van der Waals surface area contributed by atoms with Gasteiger partial charge in [-0.1, -0.05) is 56.5 Å². The van der Waals surface area contributed by atoms with Crippen molar-refractivity contribution in [3.05, 3.63) is 64.7 Å². The lowest BCUT2D eigenvalue weighted by atomic mass is 9.87. The Morgan fingerprint density at radius 2 is 1.77 bits per heavy atom. The summed E-state index contributed by atoms with van der Waals surface area (Å²) >= 11 is 0. The van der Waals surface area contributed by atoms with Gasteiger partial charge in [0.25, 0.3) is 0 Å². The number of hydrogen-bond donors (Lipinski definition) is 6. The number of carbonyl (C=O) groups is 2. The van der Waals surface area contributed by atoms with E-state index in [1.54, 1.807) is 6.07 Å². The topological polar surface area (TPSA) is 192 Å². The molecule has 6 atom stereocenters. The number of benzene rings is 2. The first-order valence-electron chi connectivity index (χ1n) is 16.1. The van der Waals surface area contributed by atoms with Crippen LogP contribution in [-0.2, 0) is 30.2 Å². The van der Waals surface area contributed by atoms with E-state index >= 15 is 0 Å². The van der Waals surface area contributed by atoms with E-state index in [2.05, 4.69) is 0 Å². The molecule has 0 aliphatic carbocycles. The normalized spacial score (nSPS) is 22.0. The quantitative estimate of drug-likeness (QED) is 0.0780. The third kappa shape index (κ3) is 11.0. The minimum Gasteiger partial charge on any atom is -0.504 e. The molecule has 260 valence electrons. The third-order valence-corrected chi connectivity index (χ3v) is 8.14. The number of phenolic OH excluding ortho intramolecular Hbond substituents is 1. The molecule has 0 saturated carbocycles. The largest absolute Gasteiger partial charge is 0.504 e. The van der Waals surface area contributed by atoms with Gasteiger partial charge in [0.2, 0.25) is 0 Å². The zero-order valence-electron chi connectivity index (χ0n) is 27.0. The Hall–Kier alpha value is -3.52. The summed E-state index contributed by atoms with van der Waals surface area (Å²) in [7, 11) is 1.38. The smallest absolute Gasteiger partial charge is 0.334 e. The number of carbonyl (C=O) groups excluding carboxylic acids is 2. The second-order valence-electron chi connectivity index (χ2n) is 11.6. The maximum atomic E-state index is 14.0. The highest BCUT2D eigenvalue weighted by Crippen LogP contribution is 2.33. The molecule has 3 rings (SSSR count). The summed E-state index contributed by atoms with van der Waals surface area (Å²) in [5.41, 5.74) is 2.25. The van der Waals surface area contributed by atoms with Gasteiger partial charge in [-0.05, 0) is 66.5 Å². The standard InChI is InChI=1S/C35H48O12/c1-3-4-5-6-10-30(40)46-32-31(41)29(21-38)45-35(43)33(32)47-34(42)26(18-23-11-12-27(39)28(19-23)44-2)20-25(14-16-37)24-9-7-8-22(17-24)13-15-36/h7-9,11-12,17-19,25,29,31-33,35-39,41,43H,3-6,10,13-16,20-21H2,1-2H3/b26-18+/t25-,29-,31-,32+,33+,35+/m0/s1. The Labute approximate surface area is 275 Å². The van der Waals surface area contributed by atoms with E-state index in [1.807, 2.05) is 31.2 Å². The maximum absolute atomic E-state index is 14.0. The lowest BCUT2D eigenvalue weighted by Crippen LogP contribution is -2.61. The summed E-state index contributed by atoms with van der Waals surface area (Å²) in [6.07, 6.45) is -2.33. The minimum atomic E-state index is -1.84. The Morgan fingerprint density at radius 1 is 0.979 bits per heavy atom. The second kappa shape index (κ2) is 19.3. The van der Waals surface area contributed by atoms with Gasteiger partial charge in [0, 0.05) is 25.2 Å². The molecular weight excluding hydrogens is 612 g/mol. The third-order valence-electron chi connectivity index (χ3n) is 8.14. The number of phenols is 1. The molecule has 6 N–H and O–H groups in total. The van der Waals surface area contributed by atoms with Crippen LogP contribution in [-0.4, -0.2) is 100 Å². The number of ether oxygens (including phenoxy) is 4. The molecule has 2 aromatic carbocycles. The van der Waals surface area contributed by atoms with Gasteiger partial charge in [-0.15, -0.1) is 0 Å². The Bertz CT molecular complexity index is 1310. The Balaban J connectivity index is 1.97. The van der Waals surface area contributed by atoms with Crippen LogP contribution in [0.1, 0.15) is 74.5 Å². The Kier molecular flexibility index (Phi) is 15.6. The summed E-state index contributed by atoms with van der Waals surface area (Å²) in [6, 6.07) is 11.9. The van der Waals surface area contributed by atoms with Crippen molar-refractivity contribution in [1.82, 2.24) is 0 Å². The van der Waals surface area contributed by atoms with Gasteiger partial charge in [0.05, 0.1) is 13.7 Å². The maximum Gasteiger partial charge on any atom is 0.334 e. The lowest BCUT2D eigenvalue weighted by Gasteiger charge is -2.41. The number of hydrogen-bond acceptors (Lipinski definition) is 12. The predicted octanol–water partition coefficient (Wildman–Crippen LogP) is 2.74. The molecule has 1 heterocycles. The summed E-state index contributed by atoms with van der Waals surface area (Å²) < 4.78 is 21.8. The van der Waals surface area contributed by atoms with Crippen molar-refractivity contribution in [3.8, 4) is 11.5 Å². The fourth-order valence-corrected chi connectivity index (χ4v) is 5.55. The molecule has 12 nitrogen and oxygen atoms in total. The molecule has 1 aliphatic heterocycles. The molecule has 1 aliphatic rings. The fourth-order valence-electron chi connectivity index (χ4n) is 5.55. The molecule has 0 aromatic heterocycles. The number of unbranched alkanes of at least 4 members (excludes halogenated alkanes) is 3. The van der Waals surface area contributed by atoms with Crippen molar-refractivity contribution in [2.75, 3.05) is 26.9 Å². The van der Waals surface area contributed by atoms with Gasteiger partial charge in [-0.3, -0.25) is 4.79 Å². The molecular formula is C35H48O12. The minimum absolute atomic E-state index is 0.0481. The van der Waals surface area contributed by atoms with Gasteiger partial charge < -0.3 is 49.6 Å². The first kappa shape index (κ1) is 37.9. The van der Waals surface area contributed by atoms with Gasteiger partial charge in [-0.2, -0.15) is 0 Å². The van der Waals surface area contributed by atoms with Gasteiger partial charge >= 0.3 is 11.9 Å². The van der Waals surface area contributed by atoms with Crippen LogP contribution < -0.4 is 4.74 Å². The number of methoxy groups -OCH3 is 1. The molecule has 1 fully saturated rings. The van der Waals surface area contributed by atoms with Crippen LogP contribution in [0.3, 0.4) is 0 Å². The van der Waals surface area contributed by atoms with Crippen LogP contribution >= 0.6 is 0 Å². The van der Waals surface area contributed by atoms with Crippen molar-refractivity contribution < 1.29 is 59.2 Å². The van der Waals surface area contributed by atoms with Gasteiger partial charge in [0.15, 0.2) is 30.0 Å². The van der Waals surface area contributed by atoms with Crippen LogP contribution in [0.2, 0.25) is 0 Å². The van der Waals surface area contributed by atoms with Crippen LogP contribution in [0.25, 0.3) is 6.08 Å². The summed E-state index contributed by atoms with van der Waals surface area (Å²) in [5, 5.41) is 60.9. The first-order valence-corrected chi connectivity index (χ1v) is 16.1. The average molecular weight is 661 g/mol. The van der Waals surface area contributed by atoms with E-state index in [1.165, 1.54) is 25.3 Å². The number of rotatable bonds is 18. The van der Waals surface area contributed by atoms with E-state index in [9.17, 15) is 40.2 Å². The summed E-state index contributed by atoms with van der Waals surface area (Å²) in [6.45, 7) is 1.11. The summed E-state index contributed by atoms with van der Waals surface area (Å²) in [5.74, 6) is -1.91. The van der Waals surface area contributed by atoms with E-state index in [0.29, 0.717) is 18.4 Å². The monoisotopic (exact) mass is 660 g/mol. The van der Waals surface area contributed by atoms with E-state index < -0.39 is 49.3 Å². The molecule has 0 spiro atoms. The van der Waals surface area contributed by atoms with Crippen molar-refractivity contribution in [2.45, 2.75) is 94.9 Å². The molecule has 0 radical (unpaired) electrons. The van der Waals surface area contributed by atoms with E-state index in [-0.39, 0.29) is 55.5 Å². The molecule has 1 saturated heterocycles. The predicted molar refractivity (Wildman–Crippen MR) is 171 cm³/mol. The SMILES string of the molecule is CCCCCCC(=O)O[C@@H]1[C@@H](O)[C@H](CO)O[C@@H](O)[C@@H]1OC(=O)/C(=C/c1ccc(O)c(OC)c1)C[C@H](CCO)c1cccc(CCO)c1. The summed E-state index contributed by atoms with van der Waals surface area (Å²) in [4.78, 5) is 26.7. The zero-order valence-corrected chi connectivity index (χ0v) is 27.0. The van der Waals surface area contributed by atoms with Crippen molar-refractivity contribution in [1.29, 1.82) is 0 Å². The lowest BCUT2D eigenvalue weighted by molar-refractivity contribution is -0.293. The van der Waals surface area contributed by atoms with Crippen molar-refractivity contribution >= 4 is 18.0 Å². The van der Waals surface area contributed by atoms with E-state index in [0.717, 1.165) is 30.4 Å². The second-order valence-corrected chi connectivity index (χ2v) is 11.6. The van der Waals surface area contributed by atoms with Crippen molar-refractivity contribution in [3.63, 3.8) is 0 Å². The number of esters is 2. The number of aliphatic hydroxyl groups is 5. The highest BCUT2D eigenvalue weighted by atomic mass is 16.7. The van der Waals surface area contributed by atoms with Crippen molar-refractivity contribution in [2.24, 2.45) is 0 Å². The molecule has 47 heavy (non-hydrogen) atoms. The highest BCUT2D eigenvalue weighted by molar-refractivity contribution is 5.94. The van der Waals surface area contributed by atoms with Crippen LogP contribution in [0.5, 0.6) is 11.5 Å². The molecule has 2 aromatic rings. The van der Waals surface area contributed by atoms with Crippen LogP contribution in [0.15, 0.2) is 48.0 Å². The Morgan fingerprint density at radius 3 is 2.45 bits per heavy atom. The van der Waals surface area contributed by atoms with Gasteiger partial charge in [-0.25, -0.2) is 4.79 Å². The molecule has 0 unspecified atom stereocenters. The molecule has 0 bridgehead atoms. The number of aromatic hydroxyl groups is 1.